The number of ether oxygens (including phenoxy) is 1. The van der Waals surface area contributed by atoms with Gasteiger partial charge in [0.25, 0.3) is 0 Å². The lowest BCUT2D eigenvalue weighted by Crippen LogP contribution is -2.57. The van der Waals surface area contributed by atoms with Gasteiger partial charge in [-0.15, -0.1) is 0 Å². The number of carbonyl (C=O) groups excluding carboxylic acids is 2. The SMILES string of the molecule is COC(=O)CCC(C)C1CCC2C3CCC4CCCCC4(C)C3CC(=NNC(N)=O)C12C. The van der Waals surface area contributed by atoms with Crippen LogP contribution in [0, 0.1) is 46.3 Å². The number of nitrogens with two attached hydrogens (primary N) is 1. The molecule has 6 heteroatoms. The summed E-state index contributed by atoms with van der Waals surface area (Å²) < 4.78 is 4.89. The fraction of sp³-hybridized carbons (Fsp3) is 0.885. The largest absolute Gasteiger partial charge is 0.469 e. The fourth-order valence-electron chi connectivity index (χ4n) is 8.90. The van der Waals surface area contributed by atoms with Crippen molar-refractivity contribution >= 4 is 17.7 Å². The Morgan fingerprint density at radius 1 is 1.16 bits per heavy atom. The van der Waals surface area contributed by atoms with E-state index in [1.54, 1.807) is 0 Å². The number of amides is 2. The van der Waals surface area contributed by atoms with E-state index in [9.17, 15) is 9.59 Å². The Morgan fingerprint density at radius 2 is 1.94 bits per heavy atom. The summed E-state index contributed by atoms with van der Waals surface area (Å²) in [7, 11) is 1.46. The zero-order valence-corrected chi connectivity index (χ0v) is 20.5. The summed E-state index contributed by atoms with van der Waals surface area (Å²) in [4.78, 5) is 23.4. The number of methoxy groups -OCH3 is 1. The van der Waals surface area contributed by atoms with Gasteiger partial charge in [-0.3, -0.25) is 4.79 Å². The second-order valence-electron chi connectivity index (χ2n) is 11.7. The normalized spacial score (nSPS) is 43.0. The van der Waals surface area contributed by atoms with E-state index in [0.717, 1.165) is 30.4 Å². The van der Waals surface area contributed by atoms with E-state index in [4.69, 9.17) is 15.6 Å². The van der Waals surface area contributed by atoms with E-state index in [2.05, 4.69) is 26.2 Å². The second kappa shape index (κ2) is 8.98. The molecule has 0 aromatic rings. The fourth-order valence-corrected chi connectivity index (χ4v) is 8.90. The quantitative estimate of drug-likeness (QED) is 0.446. The van der Waals surface area contributed by atoms with Crippen molar-refractivity contribution in [2.24, 2.45) is 57.2 Å². The van der Waals surface area contributed by atoms with Gasteiger partial charge in [0.1, 0.15) is 0 Å². The molecule has 4 aliphatic carbocycles. The number of primary amides is 1. The van der Waals surface area contributed by atoms with Crippen molar-refractivity contribution in [3.63, 3.8) is 0 Å². The molecule has 3 N–H and O–H groups in total. The molecule has 4 rings (SSSR count). The van der Waals surface area contributed by atoms with Crippen LogP contribution in [-0.4, -0.2) is 24.8 Å². The Balaban J connectivity index is 1.65. The number of nitrogens with one attached hydrogen (secondary N) is 1. The lowest BCUT2D eigenvalue weighted by Gasteiger charge is -2.61. The zero-order valence-electron chi connectivity index (χ0n) is 20.5. The summed E-state index contributed by atoms with van der Waals surface area (Å²) >= 11 is 0. The molecule has 4 fully saturated rings. The number of hydrazone groups is 1. The molecule has 0 aliphatic heterocycles. The molecule has 0 radical (unpaired) electrons. The van der Waals surface area contributed by atoms with E-state index in [-0.39, 0.29) is 11.4 Å². The third-order valence-corrected chi connectivity index (χ3v) is 10.6. The Bertz CT molecular complexity index is 767. The number of esters is 1. The average Bonchev–Trinajstić information content (AvgIpc) is 3.13. The van der Waals surface area contributed by atoms with Gasteiger partial charge in [-0.05, 0) is 92.3 Å². The first kappa shape index (κ1) is 23.6. The van der Waals surface area contributed by atoms with Crippen molar-refractivity contribution in [2.45, 2.75) is 91.4 Å². The summed E-state index contributed by atoms with van der Waals surface area (Å²) in [5.41, 5.74) is 9.54. The van der Waals surface area contributed by atoms with Crippen molar-refractivity contribution in [1.82, 2.24) is 5.43 Å². The van der Waals surface area contributed by atoms with Crippen LogP contribution in [0.2, 0.25) is 0 Å². The van der Waals surface area contributed by atoms with Crippen LogP contribution in [0.4, 0.5) is 4.79 Å². The van der Waals surface area contributed by atoms with Crippen molar-refractivity contribution in [2.75, 3.05) is 7.11 Å². The van der Waals surface area contributed by atoms with Crippen LogP contribution in [-0.2, 0) is 9.53 Å². The van der Waals surface area contributed by atoms with Crippen LogP contribution < -0.4 is 11.2 Å². The second-order valence-corrected chi connectivity index (χ2v) is 11.7. The number of fused-ring (bicyclic) bond motifs is 5. The zero-order chi connectivity index (χ0) is 23.1. The maximum absolute atomic E-state index is 11.8. The number of hydrogen-bond donors (Lipinski definition) is 2. The van der Waals surface area contributed by atoms with Crippen LogP contribution in [0.25, 0.3) is 0 Å². The average molecular weight is 446 g/mol. The highest BCUT2D eigenvalue weighted by Crippen LogP contribution is 2.67. The maximum atomic E-state index is 11.8. The number of urea groups is 1. The van der Waals surface area contributed by atoms with Crippen molar-refractivity contribution in [3.05, 3.63) is 0 Å². The molecule has 4 saturated carbocycles. The highest BCUT2D eigenvalue weighted by Gasteiger charge is 2.62. The molecule has 0 aromatic heterocycles. The van der Waals surface area contributed by atoms with E-state index >= 15 is 0 Å². The Morgan fingerprint density at radius 3 is 2.66 bits per heavy atom. The summed E-state index contributed by atoms with van der Waals surface area (Å²) in [6.07, 6.45) is 12.8. The minimum atomic E-state index is -0.585. The third kappa shape index (κ3) is 3.86. The summed E-state index contributed by atoms with van der Waals surface area (Å²) in [5, 5.41) is 4.70. The van der Waals surface area contributed by atoms with Crippen molar-refractivity contribution in [1.29, 1.82) is 0 Å². The van der Waals surface area contributed by atoms with Gasteiger partial charge in [0.2, 0.25) is 0 Å². The van der Waals surface area contributed by atoms with Crippen LogP contribution >= 0.6 is 0 Å². The first-order chi connectivity index (χ1) is 15.2. The van der Waals surface area contributed by atoms with E-state index in [1.807, 2.05) is 0 Å². The number of carbonyl (C=O) groups is 2. The maximum Gasteiger partial charge on any atom is 0.332 e. The molecule has 0 bridgehead atoms. The topological polar surface area (TPSA) is 93.8 Å². The molecule has 32 heavy (non-hydrogen) atoms. The van der Waals surface area contributed by atoms with Gasteiger partial charge in [0, 0.05) is 17.5 Å². The monoisotopic (exact) mass is 445 g/mol. The first-order valence-corrected chi connectivity index (χ1v) is 12.9. The molecular weight excluding hydrogens is 402 g/mol. The van der Waals surface area contributed by atoms with E-state index in [0.29, 0.717) is 35.5 Å². The summed E-state index contributed by atoms with van der Waals surface area (Å²) in [5.74, 6) is 3.56. The third-order valence-electron chi connectivity index (χ3n) is 10.6. The molecule has 0 saturated heterocycles. The van der Waals surface area contributed by atoms with Crippen LogP contribution in [0.3, 0.4) is 0 Å². The van der Waals surface area contributed by atoms with E-state index in [1.165, 1.54) is 58.5 Å². The molecular formula is C26H43N3O3. The van der Waals surface area contributed by atoms with Gasteiger partial charge < -0.3 is 10.5 Å². The van der Waals surface area contributed by atoms with Crippen LogP contribution in [0.1, 0.15) is 91.4 Å². The van der Waals surface area contributed by atoms with Gasteiger partial charge in [0.05, 0.1) is 7.11 Å². The Kier molecular flexibility index (Phi) is 6.61. The van der Waals surface area contributed by atoms with Gasteiger partial charge in [-0.25, -0.2) is 10.2 Å². The van der Waals surface area contributed by atoms with Crippen LogP contribution in [0.15, 0.2) is 5.10 Å². The highest BCUT2D eigenvalue weighted by molar-refractivity contribution is 5.93. The predicted molar refractivity (Wildman–Crippen MR) is 126 cm³/mol. The molecule has 2 amide bonds. The summed E-state index contributed by atoms with van der Waals surface area (Å²) in [6, 6.07) is -0.585. The minimum absolute atomic E-state index is 0.0446. The standard InChI is InChI=1S/C26H43N3O3/c1-16(8-13-23(30)32-4)19-11-12-20-18-10-9-17-7-5-6-14-25(17,2)21(18)15-22(26(19,20)3)28-29-24(27)31/h16-21H,5-15H2,1-4H3,(H3,27,29,31). The van der Waals surface area contributed by atoms with Gasteiger partial charge in [-0.1, -0.05) is 33.6 Å². The molecule has 8 unspecified atom stereocenters. The first-order valence-electron chi connectivity index (χ1n) is 12.9. The van der Waals surface area contributed by atoms with Crippen molar-refractivity contribution in [3.8, 4) is 0 Å². The molecule has 4 aliphatic rings. The molecule has 6 nitrogen and oxygen atoms in total. The molecule has 8 atom stereocenters. The van der Waals surface area contributed by atoms with Crippen LogP contribution in [0.5, 0.6) is 0 Å². The highest BCUT2D eigenvalue weighted by atomic mass is 16.5. The summed E-state index contributed by atoms with van der Waals surface area (Å²) in [6.45, 7) is 7.24. The number of nitrogens with zero attached hydrogens (tertiary/aromatic N) is 1. The minimum Gasteiger partial charge on any atom is -0.469 e. The number of rotatable bonds is 5. The molecule has 0 spiro atoms. The van der Waals surface area contributed by atoms with Gasteiger partial charge in [0.15, 0.2) is 0 Å². The van der Waals surface area contributed by atoms with Gasteiger partial charge >= 0.3 is 12.0 Å². The van der Waals surface area contributed by atoms with Gasteiger partial charge in [-0.2, -0.15) is 5.10 Å². The van der Waals surface area contributed by atoms with Crippen molar-refractivity contribution < 1.29 is 14.3 Å². The smallest absolute Gasteiger partial charge is 0.332 e. The molecule has 180 valence electrons. The Labute approximate surface area is 193 Å². The lowest BCUT2D eigenvalue weighted by atomic mass is 9.44. The lowest BCUT2D eigenvalue weighted by molar-refractivity contribution is -0.141. The molecule has 0 aromatic carbocycles. The Hall–Kier alpha value is -1.59. The van der Waals surface area contributed by atoms with E-state index < -0.39 is 6.03 Å². The predicted octanol–water partition coefficient (Wildman–Crippen LogP) is 5.26. The number of hydrogen-bond acceptors (Lipinski definition) is 4. The molecule has 0 heterocycles.